The number of hydrogen-bond donors (Lipinski definition) is 1. The molecule has 7 nitrogen and oxygen atoms in total. The molecule has 25 heavy (non-hydrogen) atoms. The average molecular weight is 344 g/mol. The van der Waals surface area contributed by atoms with Crippen molar-refractivity contribution in [2.75, 3.05) is 18.4 Å². The molecule has 7 heteroatoms. The zero-order valence-electron chi connectivity index (χ0n) is 14.9. The molecule has 1 aliphatic heterocycles. The van der Waals surface area contributed by atoms with Crippen LogP contribution in [0.25, 0.3) is 0 Å². The second kappa shape index (κ2) is 7.55. The van der Waals surface area contributed by atoms with Gasteiger partial charge in [0, 0.05) is 18.8 Å². The molecule has 1 saturated heterocycles. The van der Waals surface area contributed by atoms with E-state index in [1.54, 1.807) is 11.8 Å². The lowest BCUT2D eigenvalue weighted by Crippen LogP contribution is -2.41. The topological polar surface area (TPSA) is 80.5 Å². The zero-order valence-corrected chi connectivity index (χ0v) is 14.9. The third-order valence-electron chi connectivity index (χ3n) is 4.08. The maximum absolute atomic E-state index is 12.5. The van der Waals surface area contributed by atoms with Crippen molar-refractivity contribution in [3.05, 3.63) is 36.0 Å². The van der Waals surface area contributed by atoms with Gasteiger partial charge in [-0.1, -0.05) is 5.16 Å². The number of benzene rings is 1. The summed E-state index contributed by atoms with van der Waals surface area (Å²) in [7, 11) is 0. The van der Waals surface area contributed by atoms with Crippen molar-refractivity contribution in [1.29, 1.82) is 0 Å². The highest BCUT2D eigenvalue weighted by Crippen LogP contribution is 2.26. The van der Waals surface area contributed by atoms with Gasteiger partial charge in [-0.15, -0.1) is 0 Å². The molecule has 1 aromatic heterocycles. The van der Waals surface area contributed by atoms with Crippen molar-refractivity contribution in [1.82, 2.24) is 15.0 Å². The lowest BCUT2D eigenvalue weighted by Gasteiger charge is -2.31. The third kappa shape index (κ3) is 4.49. The van der Waals surface area contributed by atoms with Crippen molar-refractivity contribution in [3.8, 4) is 5.75 Å². The first-order valence-electron chi connectivity index (χ1n) is 8.64. The first-order valence-corrected chi connectivity index (χ1v) is 8.64. The Hall–Kier alpha value is -2.57. The van der Waals surface area contributed by atoms with E-state index in [4.69, 9.17) is 9.26 Å². The fourth-order valence-electron chi connectivity index (χ4n) is 2.93. The van der Waals surface area contributed by atoms with Gasteiger partial charge in [-0.3, -0.25) is 0 Å². The minimum absolute atomic E-state index is 0.0996. The summed E-state index contributed by atoms with van der Waals surface area (Å²) < 4.78 is 10.9. The van der Waals surface area contributed by atoms with Crippen LogP contribution in [-0.2, 0) is 0 Å². The molecular weight excluding hydrogens is 320 g/mol. The number of likely N-dealkylation sites (tertiary alicyclic amines) is 1. The molecule has 2 heterocycles. The molecule has 0 saturated carbocycles. The van der Waals surface area contributed by atoms with Gasteiger partial charge < -0.3 is 19.5 Å². The second-order valence-electron chi connectivity index (χ2n) is 6.59. The van der Waals surface area contributed by atoms with E-state index in [9.17, 15) is 4.79 Å². The molecule has 0 radical (unpaired) electrons. The van der Waals surface area contributed by atoms with Crippen molar-refractivity contribution < 1.29 is 14.1 Å². The Morgan fingerprint density at radius 3 is 2.76 bits per heavy atom. The van der Waals surface area contributed by atoms with Gasteiger partial charge in [0.05, 0.1) is 12.0 Å². The molecule has 0 aliphatic carbocycles. The number of piperidine rings is 1. The van der Waals surface area contributed by atoms with E-state index in [-0.39, 0.29) is 18.1 Å². The lowest BCUT2D eigenvalue weighted by molar-refractivity contribution is 0.184. The number of aromatic nitrogens is 2. The van der Waals surface area contributed by atoms with E-state index in [0.717, 1.165) is 30.8 Å². The van der Waals surface area contributed by atoms with Crippen molar-refractivity contribution in [2.24, 2.45) is 0 Å². The molecule has 0 bridgehead atoms. The summed E-state index contributed by atoms with van der Waals surface area (Å²) in [6.45, 7) is 7.07. The number of rotatable bonds is 4. The van der Waals surface area contributed by atoms with Crippen LogP contribution >= 0.6 is 0 Å². The number of amides is 2. The number of carbonyl (C=O) groups is 1. The highest BCUT2D eigenvalue weighted by molar-refractivity contribution is 5.89. The van der Waals surface area contributed by atoms with E-state index in [1.807, 2.05) is 38.1 Å². The van der Waals surface area contributed by atoms with E-state index >= 15 is 0 Å². The van der Waals surface area contributed by atoms with Crippen LogP contribution in [0.5, 0.6) is 5.75 Å². The summed E-state index contributed by atoms with van der Waals surface area (Å²) in [6.07, 6.45) is 1.99. The van der Waals surface area contributed by atoms with Crippen molar-refractivity contribution in [3.63, 3.8) is 0 Å². The quantitative estimate of drug-likeness (QED) is 0.917. The summed E-state index contributed by atoms with van der Waals surface area (Å²) in [4.78, 5) is 18.6. The summed E-state index contributed by atoms with van der Waals surface area (Å²) in [5, 5.41) is 6.78. The number of nitrogens with one attached hydrogen (secondary N) is 1. The molecular formula is C18H24N4O3. The molecule has 134 valence electrons. The number of urea groups is 1. The molecule has 2 aromatic rings. The van der Waals surface area contributed by atoms with Gasteiger partial charge in [-0.2, -0.15) is 4.98 Å². The largest absolute Gasteiger partial charge is 0.491 e. The second-order valence-corrected chi connectivity index (χ2v) is 6.59. The smallest absolute Gasteiger partial charge is 0.321 e. The standard InChI is InChI=1S/C18H24N4O3/c1-12(2)24-16-8-6-15(7-9-16)20-18(23)22-10-4-5-14(11-22)17-19-13(3)21-25-17/h6-9,12,14H,4-5,10-11H2,1-3H3,(H,20,23). The van der Waals surface area contributed by atoms with Crippen molar-refractivity contribution in [2.45, 2.75) is 45.6 Å². The van der Waals surface area contributed by atoms with Gasteiger partial charge in [0.15, 0.2) is 5.82 Å². The predicted molar refractivity (Wildman–Crippen MR) is 93.8 cm³/mol. The van der Waals surface area contributed by atoms with Crippen LogP contribution in [0.1, 0.15) is 44.3 Å². The lowest BCUT2D eigenvalue weighted by atomic mass is 9.98. The zero-order chi connectivity index (χ0) is 17.8. The maximum Gasteiger partial charge on any atom is 0.321 e. The number of carbonyl (C=O) groups excluding carboxylic acids is 1. The van der Waals surface area contributed by atoms with E-state index in [0.29, 0.717) is 18.3 Å². The Bertz CT molecular complexity index is 711. The molecule has 1 aliphatic rings. The minimum atomic E-state index is -0.113. The van der Waals surface area contributed by atoms with E-state index in [2.05, 4.69) is 15.5 Å². The van der Waals surface area contributed by atoms with Crippen LogP contribution in [0.3, 0.4) is 0 Å². The van der Waals surface area contributed by atoms with Gasteiger partial charge in [0.2, 0.25) is 5.89 Å². The number of hydrogen-bond acceptors (Lipinski definition) is 5. The fraction of sp³-hybridized carbons (Fsp3) is 0.500. The fourth-order valence-corrected chi connectivity index (χ4v) is 2.93. The van der Waals surface area contributed by atoms with Crippen molar-refractivity contribution >= 4 is 11.7 Å². The average Bonchev–Trinajstić information content (AvgIpc) is 3.03. The molecule has 3 rings (SSSR count). The monoisotopic (exact) mass is 344 g/mol. The van der Waals surface area contributed by atoms with Crippen LogP contribution in [0, 0.1) is 6.92 Å². The molecule has 1 N–H and O–H groups in total. The third-order valence-corrected chi connectivity index (χ3v) is 4.08. The van der Waals surface area contributed by atoms with Crippen LogP contribution in [-0.4, -0.2) is 40.3 Å². The molecule has 1 atom stereocenters. The van der Waals surface area contributed by atoms with Gasteiger partial charge in [-0.05, 0) is 57.9 Å². The Morgan fingerprint density at radius 2 is 2.12 bits per heavy atom. The summed E-state index contributed by atoms with van der Waals surface area (Å²) in [5.74, 6) is 2.13. The normalized spacial score (nSPS) is 17.6. The number of anilines is 1. The minimum Gasteiger partial charge on any atom is -0.491 e. The SMILES string of the molecule is Cc1noc(C2CCCN(C(=O)Nc3ccc(OC(C)C)cc3)C2)n1. The summed E-state index contributed by atoms with van der Waals surface area (Å²) in [5.41, 5.74) is 0.747. The Morgan fingerprint density at radius 1 is 1.36 bits per heavy atom. The highest BCUT2D eigenvalue weighted by Gasteiger charge is 2.28. The summed E-state index contributed by atoms with van der Waals surface area (Å²) >= 11 is 0. The maximum atomic E-state index is 12.5. The van der Waals surface area contributed by atoms with Gasteiger partial charge >= 0.3 is 6.03 Å². The first kappa shape index (κ1) is 17.3. The Kier molecular flexibility index (Phi) is 5.21. The first-order chi connectivity index (χ1) is 12.0. The molecule has 0 spiro atoms. The van der Waals surface area contributed by atoms with Crippen LogP contribution in [0.2, 0.25) is 0 Å². The molecule has 1 unspecified atom stereocenters. The Labute approximate surface area is 147 Å². The number of aryl methyl sites for hydroxylation is 1. The van der Waals surface area contributed by atoms with Gasteiger partial charge in [0.1, 0.15) is 5.75 Å². The van der Waals surface area contributed by atoms with Crippen LogP contribution in [0.15, 0.2) is 28.8 Å². The molecule has 1 fully saturated rings. The van der Waals surface area contributed by atoms with Crippen LogP contribution < -0.4 is 10.1 Å². The molecule has 2 amide bonds. The number of nitrogens with zero attached hydrogens (tertiary/aromatic N) is 3. The summed E-state index contributed by atoms with van der Waals surface area (Å²) in [6, 6.07) is 7.29. The van der Waals surface area contributed by atoms with E-state index < -0.39 is 0 Å². The van der Waals surface area contributed by atoms with Gasteiger partial charge in [0.25, 0.3) is 0 Å². The van der Waals surface area contributed by atoms with Crippen LogP contribution in [0.4, 0.5) is 10.5 Å². The van der Waals surface area contributed by atoms with E-state index in [1.165, 1.54) is 0 Å². The van der Waals surface area contributed by atoms with Gasteiger partial charge in [-0.25, -0.2) is 4.79 Å². The Balaban J connectivity index is 1.58. The number of ether oxygens (including phenoxy) is 1. The molecule has 1 aromatic carbocycles. The predicted octanol–water partition coefficient (Wildman–Crippen LogP) is 3.58. The highest BCUT2D eigenvalue weighted by atomic mass is 16.5.